The van der Waals surface area contributed by atoms with E-state index in [0.29, 0.717) is 13.0 Å². The van der Waals surface area contributed by atoms with Crippen molar-refractivity contribution in [2.24, 2.45) is 0 Å². The number of halogens is 2. The van der Waals surface area contributed by atoms with Gasteiger partial charge in [0.05, 0.1) is 11.6 Å². The normalized spacial score (nSPS) is 13.5. The van der Waals surface area contributed by atoms with E-state index in [1.807, 2.05) is 6.92 Å². The van der Waals surface area contributed by atoms with Gasteiger partial charge in [0, 0.05) is 17.5 Å². The summed E-state index contributed by atoms with van der Waals surface area (Å²) in [6.45, 7) is 2.38. The van der Waals surface area contributed by atoms with Crippen LogP contribution in [0.4, 0.5) is 8.78 Å². The van der Waals surface area contributed by atoms with Crippen molar-refractivity contribution in [2.75, 3.05) is 6.54 Å². The molecule has 1 atom stereocenters. The van der Waals surface area contributed by atoms with Gasteiger partial charge in [0.2, 0.25) is 0 Å². The summed E-state index contributed by atoms with van der Waals surface area (Å²) in [6, 6.07) is -0.745. The lowest BCUT2D eigenvalue weighted by Gasteiger charge is -2.15. The van der Waals surface area contributed by atoms with Gasteiger partial charge in [-0.2, -0.15) is 0 Å². The fraction of sp³-hybridized carbons (Fsp3) is 0.625. The highest BCUT2D eigenvalue weighted by molar-refractivity contribution is 7.09. The topological polar surface area (TPSA) is 24.9 Å². The third kappa shape index (κ3) is 3.36. The predicted octanol–water partition coefficient (Wildman–Crippen LogP) is 1.93. The van der Waals surface area contributed by atoms with Gasteiger partial charge >= 0.3 is 0 Å². The first-order valence-corrected chi connectivity index (χ1v) is 5.01. The van der Waals surface area contributed by atoms with Crippen molar-refractivity contribution < 1.29 is 8.78 Å². The van der Waals surface area contributed by atoms with Gasteiger partial charge in [-0.25, -0.2) is 8.78 Å². The summed E-state index contributed by atoms with van der Waals surface area (Å²) < 4.78 is 24.8. The lowest BCUT2D eigenvalue weighted by Crippen LogP contribution is -2.37. The number of nitrogens with zero attached hydrogens (tertiary/aromatic N) is 1. The molecule has 0 saturated heterocycles. The molecule has 1 unspecified atom stereocenters. The van der Waals surface area contributed by atoms with Crippen LogP contribution in [-0.2, 0) is 6.42 Å². The second-order valence-corrected chi connectivity index (χ2v) is 3.64. The van der Waals surface area contributed by atoms with Gasteiger partial charge in [-0.3, -0.25) is 4.98 Å². The lowest BCUT2D eigenvalue weighted by atomic mass is 10.2. The zero-order valence-electron chi connectivity index (χ0n) is 7.34. The minimum Gasteiger partial charge on any atom is -0.309 e. The van der Waals surface area contributed by atoms with Gasteiger partial charge < -0.3 is 5.32 Å². The van der Waals surface area contributed by atoms with E-state index < -0.39 is 12.5 Å². The highest BCUT2D eigenvalue weighted by Gasteiger charge is 2.19. The number of thiazole rings is 1. The van der Waals surface area contributed by atoms with Gasteiger partial charge in [-0.1, -0.05) is 6.92 Å². The van der Waals surface area contributed by atoms with E-state index in [-0.39, 0.29) is 0 Å². The number of hydrogen-bond donors (Lipinski definition) is 1. The van der Waals surface area contributed by atoms with Crippen LogP contribution in [0.2, 0.25) is 0 Å². The van der Waals surface area contributed by atoms with Crippen LogP contribution in [0.1, 0.15) is 11.8 Å². The first-order chi connectivity index (χ1) is 6.24. The van der Waals surface area contributed by atoms with Crippen LogP contribution in [-0.4, -0.2) is 24.0 Å². The van der Waals surface area contributed by atoms with Crippen molar-refractivity contribution >= 4 is 11.3 Å². The molecule has 0 aliphatic rings. The SMILES string of the molecule is CCNC(Cc1cncs1)C(F)F. The Morgan fingerprint density at radius 3 is 2.85 bits per heavy atom. The van der Waals surface area contributed by atoms with Crippen LogP contribution >= 0.6 is 11.3 Å². The molecule has 0 radical (unpaired) electrons. The van der Waals surface area contributed by atoms with Crippen molar-refractivity contribution in [2.45, 2.75) is 25.8 Å². The molecule has 0 aromatic carbocycles. The fourth-order valence-electron chi connectivity index (χ4n) is 1.07. The zero-order chi connectivity index (χ0) is 9.68. The number of aromatic nitrogens is 1. The van der Waals surface area contributed by atoms with Gasteiger partial charge in [-0.05, 0) is 6.54 Å². The molecular weight excluding hydrogens is 194 g/mol. The average molecular weight is 206 g/mol. The van der Waals surface area contributed by atoms with Crippen molar-refractivity contribution in [3.63, 3.8) is 0 Å². The number of likely N-dealkylation sites (N-methyl/N-ethyl adjacent to an activating group) is 1. The maximum absolute atomic E-state index is 12.4. The molecule has 2 nitrogen and oxygen atoms in total. The first-order valence-electron chi connectivity index (χ1n) is 4.13. The van der Waals surface area contributed by atoms with E-state index >= 15 is 0 Å². The summed E-state index contributed by atoms with van der Waals surface area (Å²) in [5, 5.41) is 2.75. The van der Waals surface area contributed by atoms with Crippen LogP contribution < -0.4 is 5.32 Å². The van der Waals surface area contributed by atoms with E-state index in [4.69, 9.17) is 0 Å². The van der Waals surface area contributed by atoms with Gasteiger partial charge in [0.15, 0.2) is 0 Å². The Bertz CT molecular complexity index is 226. The van der Waals surface area contributed by atoms with Gasteiger partial charge in [-0.15, -0.1) is 11.3 Å². The maximum atomic E-state index is 12.4. The van der Waals surface area contributed by atoms with E-state index in [2.05, 4.69) is 10.3 Å². The Morgan fingerprint density at radius 1 is 1.62 bits per heavy atom. The second-order valence-electron chi connectivity index (χ2n) is 2.67. The van der Waals surface area contributed by atoms with Crippen molar-refractivity contribution in [3.8, 4) is 0 Å². The van der Waals surface area contributed by atoms with Crippen LogP contribution in [0, 0.1) is 0 Å². The molecule has 13 heavy (non-hydrogen) atoms. The molecule has 0 fully saturated rings. The molecule has 74 valence electrons. The maximum Gasteiger partial charge on any atom is 0.254 e. The Labute approximate surface area is 80.0 Å². The number of alkyl halides is 2. The molecule has 1 aromatic heterocycles. The molecule has 0 saturated carbocycles. The van der Waals surface area contributed by atoms with Crippen molar-refractivity contribution in [1.29, 1.82) is 0 Å². The Balaban J connectivity index is 2.47. The molecule has 5 heteroatoms. The molecule has 1 rings (SSSR count). The van der Waals surface area contributed by atoms with Crippen LogP contribution in [0.15, 0.2) is 11.7 Å². The zero-order valence-corrected chi connectivity index (χ0v) is 8.15. The van der Waals surface area contributed by atoms with Crippen LogP contribution in [0.3, 0.4) is 0 Å². The van der Waals surface area contributed by atoms with E-state index in [0.717, 1.165) is 4.88 Å². The summed E-state index contributed by atoms with van der Waals surface area (Å²) in [7, 11) is 0. The summed E-state index contributed by atoms with van der Waals surface area (Å²) in [6.07, 6.45) is -0.324. The van der Waals surface area contributed by atoms with Gasteiger partial charge in [0.25, 0.3) is 6.43 Å². The van der Waals surface area contributed by atoms with Gasteiger partial charge in [0.1, 0.15) is 0 Å². The van der Waals surface area contributed by atoms with Crippen LogP contribution in [0.5, 0.6) is 0 Å². The first kappa shape index (κ1) is 10.5. The quantitative estimate of drug-likeness (QED) is 0.796. The molecular formula is C8H12F2N2S. The van der Waals surface area contributed by atoms with E-state index in [1.165, 1.54) is 11.3 Å². The summed E-state index contributed by atoms with van der Waals surface area (Å²) in [4.78, 5) is 4.74. The Hall–Kier alpha value is -0.550. The standard InChI is InChI=1S/C8H12F2N2S/c1-2-12-7(8(9)10)3-6-4-11-5-13-6/h4-5,7-8,12H,2-3H2,1H3. The Kier molecular flexibility index (Phi) is 4.24. The number of rotatable bonds is 5. The highest BCUT2D eigenvalue weighted by atomic mass is 32.1. The predicted molar refractivity (Wildman–Crippen MR) is 49.3 cm³/mol. The second kappa shape index (κ2) is 5.24. The summed E-state index contributed by atoms with van der Waals surface area (Å²) in [5.41, 5.74) is 1.66. The molecule has 0 spiro atoms. The largest absolute Gasteiger partial charge is 0.309 e. The van der Waals surface area contributed by atoms with E-state index in [9.17, 15) is 8.78 Å². The monoisotopic (exact) mass is 206 g/mol. The third-order valence-corrected chi connectivity index (χ3v) is 2.48. The highest BCUT2D eigenvalue weighted by Crippen LogP contribution is 2.12. The van der Waals surface area contributed by atoms with Crippen LogP contribution in [0.25, 0.3) is 0 Å². The minimum atomic E-state index is -2.32. The van der Waals surface area contributed by atoms with Crippen molar-refractivity contribution in [1.82, 2.24) is 10.3 Å². The lowest BCUT2D eigenvalue weighted by molar-refractivity contribution is 0.0994. The summed E-state index contributed by atoms with van der Waals surface area (Å²) in [5.74, 6) is 0. The fourth-order valence-corrected chi connectivity index (χ4v) is 1.73. The average Bonchev–Trinajstić information content (AvgIpc) is 2.56. The number of nitrogens with one attached hydrogen (secondary N) is 1. The molecule has 1 aromatic rings. The minimum absolute atomic E-state index is 0.357. The molecule has 0 amide bonds. The summed E-state index contributed by atoms with van der Waals surface area (Å²) >= 11 is 1.41. The Morgan fingerprint density at radius 2 is 2.38 bits per heavy atom. The molecule has 1 N–H and O–H groups in total. The number of hydrogen-bond acceptors (Lipinski definition) is 3. The molecule has 0 aliphatic heterocycles. The van der Waals surface area contributed by atoms with Crippen molar-refractivity contribution in [3.05, 3.63) is 16.6 Å². The third-order valence-electron chi connectivity index (χ3n) is 1.68. The molecule has 0 bridgehead atoms. The molecule has 0 aliphatic carbocycles. The van der Waals surface area contributed by atoms with E-state index in [1.54, 1.807) is 11.7 Å². The molecule has 1 heterocycles. The smallest absolute Gasteiger partial charge is 0.254 e.